The molecule has 0 aliphatic carbocycles. The number of halogens is 1. The first-order valence-electron chi connectivity index (χ1n) is 6.33. The van der Waals surface area contributed by atoms with E-state index in [1.165, 1.54) is 0 Å². The maximum atomic E-state index is 12.1. The Balaban J connectivity index is 1.99. The van der Waals surface area contributed by atoms with Gasteiger partial charge in [0.25, 0.3) is 0 Å². The standard InChI is InChI=1S/C16H15BrO4/c1-20-16-7-4-12(8-14(16)17)15(19)10-21-13-5-2-11(9-18)3-6-13/h2-8,18H,9-10H2,1H3. The van der Waals surface area contributed by atoms with E-state index in [9.17, 15) is 4.79 Å². The lowest BCUT2D eigenvalue weighted by Gasteiger charge is -2.08. The molecule has 0 aromatic heterocycles. The van der Waals surface area contributed by atoms with Gasteiger partial charge in [0.2, 0.25) is 0 Å². The monoisotopic (exact) mass is 350 g/mol. The molecule has 5 heteroatoms. The maximum Gasteiger partial charge on any atom is 0.200 e. The smallest absolute Gasteiger partial charge is 0.200 e. The molecule has 0 atom stereocenters. The summed E-state index contributed by atoms with van der Waals surface area (Å²) in [6.45, 7) is -0.0592. The normalized spacial score (nSPS) is 10.2. The molecule has 2 aromatic carbocycles. The fourth-order valence-electron chi connectivity index (χ4n) is 1.76. The second kappa shape index (κ2) is 7.24. The molecule has 2 aromatic rings. The van der Waals surface area contributed by atoms with Crippen LogP contribution < -0.4 is 9.47 Å². The van der Waals surface area contributed by atoms with Crippen LogP contribution in [0.3, 0.4) is 0 Å². The number of hydrogen-bond donors (Lipinski definition) is 1. The Morgan fingerprint density at radius 3 is 2.48 bits per heavy atom. The molecule has 21 heavy (non-hydrogen) atoms. The number of benzene rings is 2. The molecule has 0 amide bonds. The summed E-state index contributed by atoms with van der Waals surface area (Å²) in [4.78, 5) is 12.1. The molecule has 0 spiro atoms. The van der Waals surface area contributed by atoms with Crippen molar-refractivity contribution in [1.82, 2.24) is 0 Å². The van der Waals surface area contributed by atoms with Crippen LogP contribution in [0.25, 0.3) is 0 Å². The second-order valence-corrected chi connectivity index (χ2v) is 5.22. The minimum Gasteiger partial charge on any atom is -0.496 e. The minimum atomic E-state index is -0.121. The highest BCUT2D eigenvalue weighted by atomic mass is 79.9. The number of methoxy groups -OCH3 is 1. The van der Waals surface area contributed by atoms with E-state index < -0.39 is 0 Å². The van der Waals surface area contributed by atoms with E-state index >= 15 is 0 Å². The van der Waals surface area contributed by atoms with Gasteiger partial charge in [-0.05, 0) is 51.8 Å². The van der Waals surface area contributed by atoms with Gasteiger partial charge in [-0.1, -0.05) is 12.1 Å². The zero-order valence-corrected chi connectivity index (χ0v) is 13.1. The van der Waals surface area contributed by atoms with Crippen molar-refractivity contribution < 1.29 is 19.4 Å². The van der Waals surface area contributed by atoms with Crippen LogP contribution in [0.4, 0.5) is 0 Å². The SMILES string of the molecule is COc1ccc(C(=O)COc2ccc(CO)cc2)cc1Br. The Labute approximate surface area is 131 Å². The summed E-state index contributed by atoms with van der Waals surface area (Å²) in [5, 5.41) is 8.95. The zero-order chi connectivity index (χ0) is 15.2. The lowest BCUT2D eigenvalue weighted by Crippen LogP contribution is -2.11. The van der Waals surface area contributed by atoms with Crippen LogP contribution >= 0.6 is 15.9 Å². The van der Waals surface area contributed by atoms with Gasteiger partial charge >= 0.3 is 0 Å². The van der Waals surface area contributed by atoms with E-state index in [0.29, 0.717) is 17.1 Å². The fraction of sp³-hybridized carbons (Fsp3) is 0.188. The molecule has 0 saturated heterocycles. The Morgan fingerprint density at radius 2 is 1.90 bits per heavy atom. The Hall–Kier alpha value is -1.85. The van der Waals surface area contributed by atoms with Crippen LogP contribution in [0.15, 0.2) is 46.9 Å². The highest BCUT2D eigenvalue weighted by molar-refractivity contribution is 9.10. The molecule has 0 unspecified atom stereocenters. The fourth-order valence-corrected chi connectivity index (χ4v) is 2.30. The molecule has 0 bridgehead atoms. The zero-order valence-electron chi connectivity index (χ0n) is 11.5. The summed E-state index contributed by atoms with van der Waals surface area (Å²) in [6.07, 6.45) is 0. The van der Waals surface area contributed by atoms with E-state index in [1.807, 2.05) is 0 Å². The summed E-state index contributed by atoms with van der Waals surface area (Å²) in [6, 6.07) is 12.1. The summed E-state index contributed by atoms with van der Waals surface area (Å²) >= 11 is 3.35. The molecule has 0 radical (unpaired) electrons. The highest BCUT2D eigenvalue weighted by Crippen LogP contribution is 2.25. The number of rotatable bonds is 6. The van der Waals surface area contributed by atoms with Crippen molar-refractivity contribution in [3.63, 3.8) is 0 Å². The molecule has 1 N–H and O–H groups in total. The average molecular weight is 351 g/mol. The van der Waals surface area contributed by atoms with Crippen molar-refractivity contribution in [2.75, 3.05) is 13.7 Å². The number of carbonyl (C=O) groups is 1. The maximum absolute atomic E-state index is 12.1. The molecule has 2 rings (SSSR count). The average Bonchev–Trinajstić information content (AvgIpc) is 2.53. The van der Waals surface area contributed by atoms with Crippen molar-refractivity contribution in [2.45, 2.75) is 6.61 Å². The summed E-state index contributed by atoms with van der Waals surface area (Å²) < 4.78 is 11.3. The van der Waals surface area contributed by atoms with Crippen molar-refractivity contribution in [3.8, 4) is 11.5 Å². The molecule has 4 nitrogen and oxygen atoms in total. The number of ether oxygens (including phenoxy) is 2. The third kappa shape index (κ3) is 4.06. The van der Waals surface area contributed by atoms with E-state index in [2.05, 4.69) is 15.9 Å². The van der Waals surface area contributed by atoms with Gasteiger partial charge in [-0.2, -0.15) is 0 Å². The van der Waals surface area contributed by atoms with Crippen molar-refractivity contribution >= 4 is 21.7 Å². The second-order valence-electron chi connectivity index (χ2n) is 4.36. The first-order chi connectivity index (χ1) is 10.1. The van der Waals surface area contributed by atoms with Gasteiger partial charge < -0.3 is 14.6 Å². The molecular formula is C16H15BrO4. The van der Waals surface area contributed by atoms with Gasteiger partial charge in [0.1, 0.15) is 11.5 Å². The summed E-state index contributed by atoms with van der Waals surface area (Å²) in [5.74, 6) is 1.14. The third-order valence-electron chi connectivity index (χ3n) is 2.95. The van der Waals surface area contributed by atoms with Gasteiger partial charge in [-0.25, -0.2) is 0 Å². The summed E-state index contributed by atoms with van der Waals surface area (Å²) in [7, 11) is 1.57. The number of carbonyl (C=O) groups excluding carboxylic acids is 1. The predicted molar refractivity (Wildman–Crippen MR) is 82.9 cm³/mol. The number of aliphatic hydroxyl groups is 1. The van der Waals surface area contributed by atoms with Crippen molar-refractivity contribution in [2.24, 2.45) is 0 Å². The Morgan fingerprint density at radius 1 is 1.19 bits per heavy atom. The predicted octanol–water partition coefficient (Wildman–Crippen LogP) is 3.21. The van der Waals surface area contributed by atoms with Gasteiger partial charge in [0, 0.05) is 5.56 Å². The third-order valence-corrected chi connectivity index (χ3v) is 3.57. The highest BCUT2D eigenvalue weighted by Gasteiger charge is 2.10. The van der Waals surface area contributed by atoms with Crippen LogP contribution in [0.5, 0.6) is 11.5 Å². The topological polar surface area (TPSA) is 55.8 Å². The molecule has 0 aliphatic rings. The lowest BCUT2D eigenvalue weighted by molar-refractivity contribution is 0.0921. The molecule has 110 valence electrons. The largest absolute Gasteiger partial charge is 0.496 e. The van der Waals surface area contributed by atoms with Crippen LogP contribution in [0, 0.1) is 0 Å². The van der Waals surface area contributed by atoms with Gasteiger partial charge in [-0.3, -0.25) is 4.79 Å². The molecular weight excluding hydrogens is 336 g/mol. The van der Waals surface area contributed by atoms with E-state index in [1.54, 1.807) is 49.6 Å². The van der Waals surface area contributed by atoms with Crippen LogP contribution in [-0.2, 0) is 6.61 Å². The molecule has 0 saturated carbocycles. The Kier molecular flexibility index (Phi) is 5.36. The van der Waals surface area contributed by atoms with Crippen LogP contribution in [0.2, 0.25) is 0 Å². The number of ketones is 1. The van der Waals surface area contributed by atoms with Gasteiger partial charge in [-0.15, -0.1) is 0 Å². The van der Waals surface area contributed by atoms with Crippen molar-refractivity contribution in [3.05, 3.63) is 58.1 Å². The molecule has 0 aliphatic heterocycles. The number of aliphatic hydroxyl groups excluding tert-OH is 1. The quantitative estimate of drug-likeness (QED) is 0.812. The van der Waals surface area contributed by atoms with E-state index in [-0.39, 0.29) is 19.0 Å². The molecule has 0 heterocycles. The van der Waals surface area contributed by atoms with E-state index in [0.717, 1.165) is 10.0 Å². The summed E-state index contributed by atoms with van der Waals surface area (Å²) in [5.41, 5.74) is 1.35. The van der Waals surface area contributed by atoms with E-state index in [4.69, 9.17) is 14.6 Å². The lowest BCUT2D eigenvalue weighted by atomic mass is 10.1. The van der Waals surface area contributed by atoms with Gasteiger partial charge in [0.05, 0.1) is 18.2 Å². The van der Waals surface area contributed by atoms with Crippen LogP contribution in [-0.4, -0.2) is 24.6 Å². The first-order valence-corrected chi connectivity index (χ1v) is 7.12. The Bertz CT molecular complexity index is 623. The molecule has 0 fully saturated rings. The van der Waals surface area contributed by atoms with Crippen molar-refractivity contribution in [1.29, 1.82) is 0 Å². The minimum absolute atomic E-state index is 0.0148. The number of Topliss-reactive ketones (excluding diaryl/α,β-unsaturated/α-hetero) is 1. The number of hydrogen-bond acceptors (Lipinski definition) is 4. The van der Waals surface area contributed by atoms with Gasteiger partial charge in [0.15, 0.2) is 12.4 Å². The first kappa shape index (κ1) is 15.5. The van der Waals surface area contributed by atoms with Crippen LogP contribution in [0.1, 0.15) is 15.9 Å².